The minimum absolute atomic E-state index is 0.0410. The lowest BCUT2D eigenvalue weighted by atomic mass is 9.97. The van der Waals surface area contributed by atoms with Gasteiger partial charge in [0.1, 0.15) is 0 Å². The Bertz CT molecular complexity index is 330. The lowest BCUT2D eigenvalue weighted by Crippen LogP contribution is -2.46. The molecular weight excluding hydrogens is 273 g/mol. The van der Waals surface area contributed by atoms with E-state index in [9.17, 15) is 18.0 Å². The minimum atomic E-state index is -4.16. The molecule has 0 spiro atoms. The molecule has 0 aromatic carbocycles. The maximum absolute atomic E-state index is 12.7. The fourth-order valence-electron chi connectivity index (χ4n) is 2.76. The fourth-order valence-corrected chi connectivity index (χ4v) is 2.76. The first-order chi connectivity index (χ1) is 9.45. The summed E-state index contributed by atoms with van der Waals surface area (Å²) in [6.07, 6.45) is -1.52. The second kappa shape index (κ2) is 6.76. The van der Waals surface area contributed by atoms with Crippen LogP contribution in [0.5, 0.6) is 0 Å². The highest BCUT2D eigenvalue weighted by molar-refractivity contribution is 5.78. The predicted molar refractivity (Wildman–Crippen MR) is 67.2 cm³/mol. The Morgan fingerprint density at radius 2 is 2.10 bits per heavy atom. The standard InChI is InChI=1S/C13H21F3N2O2/c14-13(15,16)10-3-1-5-18(8-10)9-12(19)17-7-11-4-2-6-20-11/h10-11H,1-9H2,(H,17,19). The highest BCUT2D eigenvalue weighted by atomic mass is 19.4. The van der Waals surface area contributed by atoms with Crippen LogP contribution in [0.3, 0.4) is 0 Å². The summed E-state index contributed by atoms with van der Waals surface area (Å²) in [6.45, 7) is 1.70. The Hall–Kier alpha value is -0.820. The zero-order valence-corrected chi connectivity index (χ0v) is 11.4. The van der Waals surface area contributed by atoms with Crippen molar-refractivity contribution in [1.29, 1.82) is 0 Å². The monoisotopic (exact) mass is 294 g/mol. The van der Waals surface area contributed by atoms with Gasteiger partial charge in [-0.05, 0) is 32.2 Å². The molecular formula is C13H21F3N2O2. The molecule has 0 radical (unpaired) electrons. The summed E-state index contributed by atoms with van der Waals surface area (Å²) < 4.78 is 43.4. The van der Waals surface area contributed by atoms with Crippen LogP contribution in [0.25, 0.3) is 0 Å². The normalized spacial score (nSPS) is 28.6. The smallest absolute Gasteiger partial charge is 0.376 e. The first-order valence-corrected chi connectivity index (χ1v) is 7.12. The average Bonchev–Trinajstić information content (AvgIpc) is 2.89. The molecule has 2 aliphatic heterocycles. The Morgan fingerprint density at radius 1 is 1.30 bits per heavy atom. The highest BCUT2D eigenvalue weighted by Gasteiger charge is 2.41. The van der Waals surface area contributed by atoms with Crippen LogP contribution >= 0.6 is 0 Å². The molecule has 2 rings (SSSR count). The van der Waals surface area contributed by atoms with Gasteiger partial charge in [-0.25, -0.2) is 0 Å². The predicted octanol–water partition coefficient (Wildman–Crippen LogP) is 1.56. The number of likely N-dealkylation sites (tertiary alicyclic amines) is 1. The van der Waals surface area contributed by atoms with Gasteiger partial charge in [-0.3, -0.25) is 9.69 Å². The number of nitrogens with zero attached hydrogens (tertiary/aromatic N) is 1. The third-order valence-electron chi connectivity index (χ3n) is 3.89. The van der Waals surface area contributed by atoms with Crippen LogP contribution in [0.15, 0.2) is 0 Å². The van der Waals surface area contributed by atoms with Crippen molar-refractivity contribution < 1.29 is 22.7 Å². The van der Waals surface area contributed by atoms with Gasteiger partial charge in [-0.15, -0.1) is 0 Å². The Morgan fingerprint density at radius 3 is 2.75 bits per heavy atom. The molecule has 0 aromatic rings. The first-order valence-electron chi connectivity index (χ1n) is 7.12. The molecule has 0 aromatic heterocycles. The quantitative estimate of drug-likeness (QED) is 0.855. The SMILES string of the molecule is O=C(CN1CCCC(C(F)(F)F)C1)NCC1CCCO1. The third kappa shape index (κ3) is 4.63. The van der Waals surface area contributed by atoms with Crippen molar-refractivity contribution in [2.75, 3.05) is 32.8 Å². The molecule has 4 nitrogen and oxygen atoms in total. The molecule has 116 valence electrons. The molecule has 0 saturated carbocycles. The van der Waals surface area contributed by atoms with Crippen molar-refractivity contribution in [3.8, 4) is 0 Å². The summed E-state index contributed by atoms with van der Waals surface area (Å²) in [5.74, 6) is -1.52. The summed E-state index contributed by atoms with van der Waals surface area (Å²) in [4.78, 5) is 13.3. The highest BCUT2D eigenvalue weighted by Crippen LogP contribution is 2.32. The van der Waals surface area contributed by atoms with Gasteiger partial charge >= 0.3 is 6.18 Å². The minimum Gasteiger partial charge on any atom is -0.376 e. The second-order valence-corrected chi connectivity index (χ2v) is 5.55. The van der Waals surface area contributed by atoms with Gasteiger partial charge in [0.2, 0.25) is 5.91 Å². The van der Waals surface area contributed by atoms with E-state index in [1.807, 2.05) is 0 Å². The number of carbonyl (C=O) groups is 1. The summed E-state index contributed by atoms with van der Waals surface area (Å²) in [5, 5.41) is 2.74. The number of carbonyl (C=O) groups excluding carboxylic acids is 1. The van der Waals surface area contributed by atoms with Crippen molar-refractivity contribution >= 4 is 5.91 Å². The third-order valence-corrected chi connectivity index (χ3v) is 3.89. The van der Waals surface area contributed by atoms with Crippen LogP contribution in [0.4, 0.5) is 13.2 Å². The van der Waals surface area contributed by atoms with Crippen LogP contribution in [-0.4, -0.2) is 55.9 Å². The van der Waals surface area contributed by atoms with E-state index in [1.165, 1.54) is 0 Å². The van der Waals surface area contributed by atoms with Gasteiger partial charge in [0.05, 0.1) is 18.6 Å². The van der Waals surface area contributed by atoms with E-state index in [1.54, 1.807) is 4.90 Å². The summed E-state index contributed by atoms with van der Waals surface area (Å²) in [7, 11) is 0. The molecule has 0 aliphatic carbocycles. The number of hydrogen-bond donors (Lipinski definition) is 1. The first kappa shape index (κ1) is 15.6. The molecule has 1 N–H and O–H groups in total. The molecule has 1 amide bonds. The van der Waals surface area contributed by atoms with Crippen molar-refractivity contribution in [3.63, 3.8) is 0 Å². The molecule has 7 heteroatoms. The summed E-state index contributed by atoms with van der Waals surface area (Å²) in [6, 6.07) is 0. The summed E-state index contributed by atoms with van der Waals surface area (Å²) in [5.41, 5.74) is 0. The van der Waals surface area contributed by atoms with E-state index in [2.05, 4.69) is 5.32 Å². The Labute approximate surface area is 116 Å². The number of rotatable bonds is 4. The lowest BCUT2D eigenvalue weighted by Gasteiger charge is -2.33. The number of halogens is 3. The molecule has 2 atom stereocenters. The van der Waals surface area contributed by atoms with Crippen LogP contribution in [-0.2, 0) is 9.53 Å². The Kier molecular flexibility index (Phi) is 5.26. The average molecular weight is 294 g/mol. The van der Waals surface area contributed by atoms with E-state index in [0.29, 0.717) is 19.5 Å². The van der Waals surface area contributed by atoms with Crippen molar-refractivity contribution in [2.24, 2.45) is 5.92 Å². The maximum Gasteiger partial charge on any atom is 0.393 e. The molecule has 2 fully saturated rings. The van der Waals surface area contributed by atoms with Crippen LogP contribution in [0.1, 0.15) is 25.7 Å². The number of nitrogens with one attached hydrogen (secondary N) is 1. The van der Waals surface area contributed by atoms with E-state index < -0.39 is 12.1 Å². The van der Waals surface area contributed by atoms with Crippen LogP contribution < -0.4 is 5.32 Å². The van der Waals surface area contributed by atoms with E-state index >= 15 is 0 Å². The molecule has 2 unspecified atom stereocenters. The number of hydrogen-bond acceptors (Lipinski definition) is 3. The van der Waals surface area contributed by atoms with Gasteiger partial charge in [-0.2, -0.15) is 13.2 Å². The van der Waals surface area contributed by atoms with Crippen molar-refractivity contribution in [3.05, 3.63) is 0 Å². The lowest BCUT2D eigenvalue weighted by molar-refractivity contribution is -0.187. The largest absolute Gasteiger partial charge is 0.393 e. The van der Waals surface area contributed by atoms with E-state index in [0.717, 1.165) is 19.4 Å². The zero-order valence-electron chi connectivity index (χ0n) is 11.4. The van der Waals surface area contributed by atoms with Crippen molar-refractivity contribution in [1.82, 2.24) is 10.2 Å². The number of amides is 1. The number of piperidine rings is 1. The van der Waals surface area contributed by atoms with Crippen LogP contribution in [0, 0.1) is 5.92 Å². The van der Waals surface area contributed by atoms with Gasteiger partial charge in [0.25, 0.3) is 0 Å². The number of ether oxygens (including phenoxy) is 1. The van der Waals surface area contributed by atoms with Gasteiger partial charge in [0, 0.05) is 19.7 Å². The molecule has 0 bridgehead atoms. The zero-order chi connectivity index (χ0) is 14.6. The number of alkyl halides is 3. The fraction of sp³-hybridized carbons (Fsp3) is 0.923. The molecule has 2 heterocycles. The van der Waals surface area contributed by atoms with Gasteiger partial charge in [0.15, 0.2) is 0 Å². The van der Waals surface area contributed by atoms with Crippen LogP contribution in [0.2, 0.25) is 0 Å². The van der Waals surface area contributed by atoms with Gasteiger partial charge < -0.3 is 10.1 Å². The Balaban J connectivity index is 1.70. The van der Waals surface area contributed by atoms with E-state index in [4.69, 9.17) is 4.74 Å². The molecule has 2 saturated heterocycles. The van der Waals surface area contributed by atoms with Gasteiger partial charge in [-0.1, -0.05) is 0 Å². The second-order valence-electron chi connectivity index (χ2n) is 5.55. The van der Waals surface area contributed by atoms with Crippen molar-refractivity contribution in [2.45, 2.75) is 38.0 Å². The molecule has 2 aliphatic rings. The molecule has 20 heavy (non-hydrogen) atoms. The topological polar surface area (TPSA) is 41.6 Å². The van der Waals surface area contributed by atoms with E-state index in [-0.39, 0.29) is 31.5 Å². The maximum atomic E-state index is 12.7. The summed E-state index contributed by atoms with van der Waals surface area (Å²) >= 11 is 0.